The Kier molecular flexibility index (Phi) is 4.97. The van der Waals surface area contributed by atoms with Crippen molar-refractivity contribution in [1.29, 1.82) is 0 Å². The molecule has 1 rings (SSSR count). The maximum Gasteiger partial charge on any atom is 0.403 e. The molecule has 1 N–H and O–H groups in total. The average Bonchev–Trinajstić information content (AvgIpc) is 2.81. The Morgan fingerprint density at radius 3 is 2.60 bits per heavy atom. The molecule has 1 saturated heterocycles. The molecule has 0 bridgehead atoms. The van der Waals surface area contributed by atoms with E-state index in [1.54, 1.807) is 0 Å². The highest BCUT2D eigenvalue weighted by atomic mass is 32.2. The molecule has 1 heterocycles. The second kappa shape index (κ2) is 5.95. The molecule has 0 aromatic heterocycles. The number of nitrogens with one attached hydrogen (secondary N) is 1. The van der Waals surface area contributed by atoms with Crippen LogP contribution < -0.4 is 5.32 Å². The van der Waals surface area contributed by atoms with Crippen LogP contribution >= 0.6 is 0 Å². The van der Waals surface area contributed by atoms with Crippen LogP contribution in [0.3, 0.4) is 0 Å². The second-order valence-electron chi connectivity index (χ2n) is 3.94. The topological polar surface area (TPSA) is 98.8 Å². The summed E-state index contributed by atoms with van der Waals surface area (Å²) in [4.78, 5) is 22.1. The zero-order valence-electron chi connectivity index (χ0n) is 10.3. The van der Waals surface area contributed by atoms with E-state index in [9.17, 15) is 31.2 Å². The van der Waals surface area contributed by atoms with Crippen LogP contribution in [0.15, 0.2) is 0 Å². The highest BCUT2D eigenvalue weighted by Gasteiger charge is 2.54. The van der Waals surface area contributed by atoms with Crippen molar-refractivity contribution in [2.24, 2.45) is 0 Å². The van der Waals surface area contributed by atoms with E-state index < -0.39 is 46.1 Å². The lowest BCUT2D eigenvalue weighted by Crippen LogP contribution is -2.43. The van der Waals surface area contributed by atoms with Crippen molar-refractivity contribution in [3.63, 3.8) is 0 Å². The standard InChI is InChI=1S/C9H12F3NO6S/c1-18-20(16,17)9(11,12)6(10)4-19-8(15)5-2-3-7(14)13-5/h5-6H,2-4H2,1H3,(H,13,14). The fraction of sp³-hybridized carbons (Fsp3) is 0.778. The first-order chi connectivity index (χ1) is 9.11. The maximum absolute atomic E-state index is 13.2. The first-order valence-corrected chi connectivity index (χ1v) is 6.80. The largest absolute Gasteiger partial charge is 0.461 e. The third-order valence-electron chi connectivity index (χ3n) is 2.57. The number of halogens is 3. The summed E-state index contributed by atoms with van der Waals surface area (Å²) in [5.74, 6) is -1.53. The van der Waals surface area contributed by atoms with Crippen LogP contribution in [-0.2, 0) is 28.6 Å². The predicted molar refractivity (Wildman–Crippen MR) is 57.9 cm³/mol. The SMILES string of the molecule is COS(=O)(=O)C(F)(F)C(F)COC(=O)C1CCC(=O)N1. The van der Waals surface area contributed by atoms with Gasteiger partial charge in [-0.05, 0) is 6.42 Å². The van der Waals surface area contributed by atoms with Crippen LogP contribution in [-0.4, -0.2) is 51.5 Å². The van der Waals surface area contributed by atoms with Gasteiger partial charge >= 0.3 is 21.3 Å². The third kappa shape index (κ3) is 3.39. The highest BCUT2D eigenvalue weighted by molar-refractivity contribution is 7.87. The number of ether oxygens (including phenoxy) is 1. The highest BCUT2D eigenvalue weighted by Crippen LogP contribution is 2.29. The molecule has 7 nitrogen and oxygen atoms in total. The zero-order valence-corrected chi connectivity index (χ0v) is 11.1. The summed E-state index contributed by atoms with van der Waals surface area (Å²) < 4.78 is 68.8. The van der Waals surface area contributed by atoms with Crippen LogP contribution in [0.2, 0.25) is 0 Å². The normalized spacial score (nSPS) is 21.4. The monoisotopic (exact) mass is 319 g/mol. The van der Waals surface area contributed by atoms with Gasteiger partial charge in [0, 0.05) is 6.42 Å². The summed E-state index contributed by atoms with van der Waals surface area (Å²) in [7, 11) is -4.99. The molecule has 1 amide bonds. The Labute approximate surface area is 112 Å². The summed E-state index contributed by atoms with van der Waals surface area (Å²) in [6, 6.07) is -1.04. The summed E-state index contributed by atoms with van der Waals surface area (Å²) in [6.07, 6.45) is -3.12. The van der Waals surface area contributed by atoms with E-state index in [4.69, 9.17) is 0 Å². The number of rotatable bonds is 6. The smallest absolute Gasteiger partial charge is 0.403 e. The van der Waals surface area contributed by atoms with E-state index in [1.165, 1.54) is 0 Å². The van der Waals surface area contributed by atoms with Crippen molar-refractivity contribution < 1.29 is 40.1 Å². The molecule has 0 spiro atoms. The van der Waals surface area contributed by atoms with Crippen LogP contribution in [0.5, 0.6) is 0 Å². The Balaban J connectivity index is 2.57. The van der Waals surface area contributed by atoms with Gasteiger partial charge in [-0.15, -0.1) is 0 Å². The van der Waals surface area contributed by atoms with Gasteiger partial charge < -0.3 is 10.1 Å². The Bertz CT molecular complexity index is 494. The summed E-state index contributed by atoms with van der Waals surface area (Å²) in [5.41, 5.74) is 0. The van der Waals surface area contributed by atoms with E-state index in [0.717, 1.165) is 0 Å². The molecule has 0 aliphatic carbocycles. The van der Waals surface area contributed by atoms with Gasteiger partial charge in [0.15, 0.2) is 0 Å². The van der Waals surface area contributed by atoms with Crippen molar-refractivity contribution in [1.82, 2.24) is 5.32 Å². The molecular formula is C9H12F3NO6S. The number of carbonyl (C=O) groups excluding carboxylic acids is 2. The predicted octanol–water partition coefficient (Wildman–Crippen LogP) is -0.285. The van der Waals surface area contributed by atoms with E-state index in [1.807, 2.05) is 0 Å². The van der Waals surface area contributed by atoms with E-state index in [0.29, 0.717) is 7.11 Å². The van der Waals surface area contributed by atoms with Gasteiger partial charge in [0.1, 0.15) is 12.6 Å². The number of hydrogen-bond donors (Lipinski definition) is 1. The number of hydrogen-bond acceptors (Lipinski definition) is 6. The van der Waals surface area contributed by atoms with E-state index in [-0.39, 0.29) is 12.8 Å². The quantitative estimate of drug-likeness (QED) is 0.534. The molecule has 11 heteroatoms. The number of amides is 1. The van der Waals surface area contributed by atoms with E-state index in [2.05, 4.69) is 14.2 Å². The van der Waals surface area contributed by atoms with Gasteiger partial charge in [0.25, 0.3) is 0 Å². The molecule has 0 radical (unpaired) electrons. The van der Waals surface area contributed by atoms with Gasteiger partial charge in [0.05, 0.1) is 7.11 Å². The third-order valence-corrected chi connectivity index (χ3v) is 3.93. The molecule has 0 aromatic carbocycles. The van der Waals surface area contributed by atoms with Gasteiger partial charge in [-0.25, -0.2) is 9.18 Å². The Morgan fingerprint density at radius 1 is 1.55 bits per heavy atom. The first kappa shape index (κ1) is 16.7. The number of carbonyl (C=O) groups is 2. The van der Waals surface area contributed by atoms with Crippen LogP contribution in [0.1, 0.15) is 12.8 Å². The van der Waals surface area contributed by atoms with E-state index >= 15 is 0 Å². The molecular weight excluding hydrogens is 307 g/mol. The lowest BCUT2D eigenvalue weighted by atomic mass is 10.2. The molecule has 1 fully saturated rings. The second-order valence-corrected chi connectivity index (χ2v) is 5.72. The molecule has 1 aliphatic heterocycles. The minimum Gasteiger partial charge on any atom is -0.461 e. The Morgan fingerprint density at radius 2 is 2.15 bits per heavy atom. The van der Waals surface area contributed by atoms with Crippen LogP contribution in [0.25, 0.3) is 0 Å². The molecule has 20 heavy (non-hydrogen) atoms. The molecule has 0 aromatic rings. The Hall–Kier alpha value is -1.36. The summed E-state index contributed by atoms with van der Waals surface area (Å²) in [6.45, 7) is -1.47. The molecule has 1 aliphatic rings. The van der Waals surface area contributed by atoms with Gasteiger partial charge in [0.2, 0.25) is 12.1 Å². The van der Waals surface area contributed by atoms with Crippen LogP contribution in [0, 0.1) is 0 Å². The lowest BCUT2D eigenvalue weighted by molar-refractivity contribution is -0.151. The van der Waals surface area contributed by atoms with Crippen molar-refractivity contribution in [3.8, 4) is 0 Å². The number of alkyl halides is 3. The van der Waals surface area contributed by atoms with Crippen LogP contribution in [0.4, 0.5) is 13.2 Å². The molecule has 0 saturated carbocycles. The van der Waals surface area contributed by atoms with Gasteiger partial charge in [-0.3, -0.25) is 8.98 Å². The molecule has 2 unspecified atom stereocenters. The summed E-state index contributed by atoms with van der Waals surface area (Å²) >= 11 is 0. The van der Waals surface area contributed by atoms with Crippen molar-refractivity contribution in [2.75, 3.05) is 13.7 Å². The van der Waals surface area contributed by atoms with Crippen molar-refractivity contribution in [3.05, 3.63) is 0 Å². The van der Waals surface area contributed by atoms with Gasteiger partial charge in [-0.1, -0.05) is 0 Å². The number of esters is 1. The fourth-order valence-corrected chi connectivity index (χ4v) is 2.01. The first-order valence-electron chi connectivity index (χ1n) is 5.40. The minimum absolute atomic E-state index is 0.0625. The lowest BCUT2D eigenvalue weighted by Gasteiger charge is -2.19. The molecule has 116 valence electrons. The van der Waals surface area contributed by atoms with Crippen molar-refractivity contribution in [2.45, 2.75) is 30.3 Å². The zero-order chi connectivity index (χ0) is 15.6. The minimum atomic E-state index is -5.44. The fourth-order valence-electron chi connectivity index (χ4n) is 1.41. The average molecular weight is 319 g/mol. The van der Waals surface area contributed by atoms with Gasteiger partial charge in [-0.2, -0.15) is 17.2 Å². The van der Waals surface area contributed by atoms with Crippen molar-refractivity contribution >= 4 is 22.0 Å². The molecule has 2 atom stereocenters. The maximum atomic E-state index is 13.2. The summed E-state index contributed by atoms with van der Waals surface area (Å²) in [5, 5.41) is -2.66.